The van der Waals surface area contributed by atoms with Crippen molar-refractivity contribution in [2.24, 2.45) is 0 Å². The highest BCUT2D eigenvalue weighted by molar-refractivity contribution is 7.17. The van der Waals surface area contributed by atoms with Crippen LogP contribution in [0.5, 0.6) is 0 Å². The van der Waals surface area contributed by atoms with Crippen molar-refractivity contribution >= 4 is 45.0 Å². The molecule has 0 unspecified atom stereocenters. The van der Waals surface area contributed by atoms with Crippen LogP contribution in [0.25, 0.3) is 10.2 Å². The van der Waals surface area contributed by atoms with Gasteiger partial charge in [0.05, 0.1) is 33.2 Å². The van der Waals surface area contributed by atoms with Crippen molar-refractivity contribution in [3.8, 4) is 6.07 Å². The fourth-order valence-electron chi connectivity index (χ4n) is 1.77. The van der Waals surface area contributed by atoms with Crippen LogP contribution in [-0.4, -0.2) is 25.8 Å². The number of amides is 1. The summed E-state index contributed by atoms with van der Waals surface area (Å²) in [6.45, 7) is 1.67. The number of aromatic nitrogens is 4. The van der Waals surface area contributed by atoms with Gasteiger partial charge in [-0.2, -0.15) is 5.26 Å². The number of nitrogens with zero attached hydrogens (tertiary/aromatic N) is 5. The van der Waals surface area contributed by atoms with Gasteiger partial charge in [0.25, 0.3) is 5.91 Å². The molecule has 108 valence electrons. The van der Waals surface area contributed by atoms with Crippen LogP contribution < -0.4 is 5.32 Å². The SMILES string of the molecule is Cc1nc(NC(=O)c2csc3cnc(Cl)nc23)ncc1C#N. The van der Waals surface area contributed by atoms with Crippen molar-refractivity contribution < 1.29 is 4.79 Å². The Bertz CT molecular complexity index is 932. The van der Waals surface area contributed by atoms with E-state index in [-0.39, 0.29) is 11.2 Å². The fraction of sp³-hybridized carbons (Fsp3) is 0.0769. The Balaban J connectivity index is 1.92. The van der Waals surface area contributed by atoms with Crippen LogP contribution >= 0.6 is 22.9 Å². The summed E-state index contributed by atoms with van der Waals surface area (Å²) < 4.78 is 0.756. The van der Waals surface area contributed by atoms with Crippen molar-refractivity contribution in [3.63, 3.8) is 0 Å². The van der Waals surface area contributed by atoms with Crippen molar-refractivity contribution in [3.05, 3.63) is 39.9 Å². The average molecular weight is 331 g/mol. The summed E-state index contributed by atoms with van der Waals surface area (Å²) in [6, 6.07) is 1.97. The van der Waals surface area contributed by atoms with Crippen molar-refractivity contribution in [2.75, 3.05) is 5.32 Å². The highest BCUT2D eigenvalue weighted by atomic mass is 35.5. The minimum Gasteiger partial charge on any atom is -0.290 e. The van der Waals surface area contributed by atoms with E-state index in [1.54, 1.807) is 18.5 Å². The Morgan fingerprint density at radius 1 is 1.36 bits per heavy atom. The van der Waals surface area contributed by atoms with Crippen LogP contribution in [0.2, 0.25) is 5.28 Å². The number of nitriles is 1. The van der Waals surface area contributed by atoms with Crippen LogP contribution in [0.1, 0.15) is 21.6 Å². The van der Waals surface area contributed by atoms with Crippen LogP contribution in [0.3, 0.4) is 0 Å². The molecule has 0 bridgehead atoms. The molecule has 0 aliphatic heterocycles. The molecule has 0 aliphatic carbocycles. The molecule has 0 saturated carbocycles. The van der Waals surface area contributed by atoms with Gasteiger partial charge in [-0.05, 0) is 18.5 Å². The molecule has 1 N–H and O–H groups in total. The number of hydrogen-bond donors (Lipinski definition) is 1. The van der Waals surface area contributed by atoms with E-state index in [1.807, 2.05) is 6.07 Å². The van der Waals surface area contributed by atoms with Gasteiger partial charge in [0.2, 0.25) is 11.2 Å². The Labute approximate surface area is 133 Å². The number of fused-ring (bicyclic) bond motifs is 1. The molecule has 3 aromatic rings. The second-order valence-electron chi connectivity index (χ2n) is 4.26. The topological polar surface area (TPSA) is 104 Å². The summed E-state index contributed by atoms with van der Waals surface area (Å²) in [6.07, 6.45) is 2.93. The first-order chi connectivity index (χ1) is 10.6. The van der Waals surface area contributed by atoms with Crippen molar-refractivity contribution in [2.45, 2.75) is 6.92 Å². The van der Waals surface area contributed by atoms with Gasteiger partial charge >= 0.3 is 0 Å². The second kappa shape index (κ2) is 5.63. The predicted octanol–water partition coefficient (Wildman–Crippen LogP) is 2.57. The minimum atomic E-state index is -0.398. The summed E-state index contributed by atoms with van der Waals surface area (Å²) >= 11 is 7.10. The smallest absolute Gasteiger partial charge is 0.261 e. The molecule has 22 heavy (non-hydrogen) atoms. The van der Waals surface area contributed by atoms with E-state index in [1.165, 1.54) is 17.5 Å². The molecule has 1 amide bonds. The molecule has 0 fully saturated rings. The van der Waals surface area contributed by atoms with E-state index in [2.05, 4.69) is 25.3 Å². The number of rotatable bonds is 2. The van der Waals surface area contributed by atoms with E-state index >= 15 is 0 Å². The summed E-state index contributed by atoms with van der Waals surface area (Å²) in [7, 11) is 0. The van der Waals surface area contributed by atoms with Crippen molar-refractivity contribution in [1.29, 1.82) is 5.26 Å². The third-order valence-corrected chi connectivity index (χ3v) is 3.94. The van der Waals surface area contributed by atoms with Gasteiger partial charge in [0, 0.05) is 11.6 Å². The molecule has 0 aliphatic rings. The lowest BCUT2D eigenvalue weighted by atomic mass is 10.2. The molecule has 3 rings (SSSR count). The van der Waals surface area contributed by atoms with Gasteiger partial charge in [-0.25, -0.2) is 19.9 Å². The first kappa shape index (κ1) is 14.3. The molecular weight excluding hydrogens is 324 g/mol. The molecule has 9 heteroatoms. The van der Waals surface area contributed by atoms with Gasteiger partial charge in [-0.3, -0.25) is 10.1 Å². The van der Waals surface area contributed by atoms with E-state index in [0.717, 1.165) is 4.70 Å². The lowest BCUT2D eigenvalue weighted by molar-refractivity contribution is 0.102. The number of carbonyl (C=O) groups excluding carboxylic acids is 1. The number of anilines is 1. The zero-order valence-electron chi connectivity index (χ0n) is 11.2. The lowest BCUT2D eigenvalue weighted by Crippen LogP contribution is -2.14. The Hall–Kier alpha value is -2.63. The Kier molecular flexibility index (Phi) is 3.66. The first-order valence-corrected chi connectivity index (χ1v) is 7.29. The third-order valence-electron chi connectivity index (χ3n) is 2.85. The zero-order chi connectivity index (χ0) is 15.7. The third kappa shape index (κ3) is 2.59. The summed E-state index contributed by atoms with van der Waals surface area (Å²) in [5, 5.41) is 13.2. The average Bonchev–Trinajstić information content (AvgIpc) is 2.90. The highest BCUT2D eigenvalue weighted by Crippen LogP contribution is 2.25. The normalized spacial score (nSPS) is 10.4. The number of hydrogen-bond acceptors (Lipinski definition) is 7. The number of halogens is 1. The van der Waals surface area contributed by atoms with Gasteiger partial charge in [-0.15, -0.1) is 11.3 Å². The summed E-state index contributed by atoms with van der Waals surface area (Å²) in [5.41, 5.74) is 1.70. The van der Waals surface area contributed by atoms with E-state index in [4.69, 9.17) is 16.9 Å². The monoisotopic (exact) mass is 330 g/mol. The molecule has 7 nitrogen and oxygen atoms in total. The molecular formula is C13H7ClN6OS. The number of thiophene rings is 1. The largest absolute Gasteiger partial charge is 0.290 e. The molecule has 3 aromatic heterocycles. The highest BCUT2D eigenvalue weighted by Gasteiger charge is 2.16. The Morgan fingerprint density at radius 3 is 2.91 bits per heavy atom. The Morgan fingerprint density at radius 2 is 2.18 bits per heavy atom. The maximum Gasteiger partial charge on any atom is 0.261 e. The quantitative estimate of drug-likeness (QED) is 0.724. The summed E-state index contributed by atoms with van der Waals surface area (Å²) in [5.74, 6) is -0.272. The molecule has 0 saturated heterocycles. The second-order valence-corrected chi connectivity index (χ2v) is 5.51. The van der Waals surface area contributed by atoms with Crippen LogP contribution in [-0.2, 0) is 0 Å². The van der Waals surface area contributed by atoms with E-state index in [9.17, 15) is 4.79 Å². The van der Waals surface area contributed by atoms with Gasteiger partial charge in [0.1, 0.15) is 6.07 Å². The van der Waals surface area contributed by atoms with Crippen LogP contribution in [0.4, 0.5) is 5.95 Å². The minimum absolute atomic E-state index is 0.0745. The molecule has 0 radical (unpaired) electrons. The number of carbonyl (C=O) groups is 1. The predicted molar refractivity (Wildman–Crippen MR) is 81.9 cm³/mol. The molecule has 0 atom stereocenters. The van der Waals surface area contributed by atoms with E-state index < -0.39 is 5.91 Å². The zero-order valence-corrected chi connectivity index (χ0v) is 12.7. The maximum absolute atomic E-state index is 12.3. The van der Waals surface area contributed by atoms with Crippen molar-refractivity contribution in [1.82, 2.24) is 19.9 Å². The molecule has 0 aromatic carbocycles. The van der Waals surface area contributed by atoms with Crippen LogP contribution in [0, 0.1) is 18.3 Å². The molecule has 0 spiro atoms. The summed E-state index contributed by atoms with van der Waals surface area (Å²) in [4.78, 5) is 28.3. The number of nitrogens with one attached hydrogen (secondary N) is 1. The van der Waals surface area contributed by atoms with Gasteiger partial charge < -0.3 is 0 Å². The van der Waals surface area contributed by atoms with Gasteiger partial charge in [-0.1, -0.05) is 0 Å². The van der Waals surface area contributed by atoms with Crippen LogP contribution in [0.15, 0.2) is 17.8 Å². The lowest BCUT2D eigenvalue weighted by Gasteiger charge is -2.04. The maximum atomic E-state index is 12.3. The van der Waals surface area contributed by atoms with E-state index in [0.29, 0.717) is 22.3 Å². The standard InChI is InChI=1S/C13H7ClN6OS/c1-6-7(2-15)3-17-13(18-6)20-11(21)8-5-22-9-4-16-12(14)19-10(8)9/h3-5H,1H3,(H,17,18,20,21). The number of aryl methyl sites for hydroxylation is 1. The first-order valence-electron chi connectivity index (χ1n) is 6.03. The fourth-order valence-corrected chi connectivity index (χ4v) is 2.75. The molecule has 3 heterocycles. The van der Waals surface area contributed by atoms with Gasteiger partial charge in [0.15, 0.2) is 0 Å².